The minimum Gasteiger partial charge on any atom is -0.289 e. The Morgan fingerprint density at radius 3 is 2.00 bits per heavy atom. The van der Waals surface area contributed by atoms with Gasteiger partial charge in [0.2, 0.25) is 0 Å². The molecule has 0 aromatic carbocycles. The van der Waals surface area contributed by atoms with Gasteiger partial charge in [0, 0.05) is 0 Å². The maximum absolute atomic E-state index is 8.94. The zero-order valence-electron chi connectivity index (χ0n) is 2.47. The van der Waals surface area contributed by atoms with Gasteiger partial charge >= 0.3 is 0 Å². The van der Waals surface area contributed by atoms with Crippen LogP contribution in [0.3, 0.4) is 0 Å². The van der Waals surface area contributed by atoms with Crippen LogP contribution in [-0.4, -0.2) is 6.29 Å². The summed E-state index contributed by atoms with van der Waals surface area (Å²) < 4.78 is 0. The topological polar surface area (TPSA) is 17.1 Å². The fourth-order valence-electron chi connectivity index (χ4n) is 0. The molecule has 1 nitrogen and oxygen atoms in total. The van der Waals surface area contributed by atoms with Crippen molar-refractivity contribution < 1.29 is 4.79 Å². The molecule has 0 aromatic rings. The number of carbonyl (C=O) groups is 1. The Balaban J connectivity index is 0. The lowest BCUT2D eigenvalue weighted by Gasteiger charge is -1.31. The Hall–Kier alpha value is -0.480. The Bertz CT molecular complexity index is 52.4. The van der Waals surface area contributed by atoms with E-state index in [4.69, 9.17) is 4.79 Å². The zero-order chi connectivity index (χ0) is 3.41. The molecule has 0 rings (SSSR count). The van der Waals surface area contributed by atoms with Gasteiger partial charge in [-0.1, -0.05) is 0 Å². The third-order valence-corrected chi connectivity index (χ3v) is 0.0680. The van der Waals surface area contributed by atoms with Crippen LogP contribution in [0.2, 0.25) is 0 Å². The number of hydrogen-bond acceptors (Lipinski definition) is 1. The molecule has 0 saturated heterocycles. The van der Waals surface area contributed by atoms with Gasteiger partial charge in [-0.2, -0.15) is 0 Å². The van der Waals surface area contributed by atoms with Crippen molar-refractivity contribution in [3.05, 3.63) is 0 Å². The van der Waals surface area contributed by atoms with Crippen LogP contribution in [0.1, 0.15) is 0 Å². The fourth-order valence-corrected chi connectivity index (χ4v) is 0. The van der Waals surface area contributed by atoms with Gasteiger partial charge in [-0.3, -0.25) is 4.79 Å². The quantitative estimate of drug-likeness (QED) is 0.308. The maximum atomic E-state index is 8.94. The molecule has 0 bridgehead atoms. The van der Waals surface area contributed by atoms with Crippen LogP contribution >= 0.6 is 12.4 Å². The molecule has 28 valence electrons. The van der Waals surface area contributed by atoms with Crippen molar-refractivity contribution in [3.63, 3.8) is 0 Å². The molecule has 2 heteroatoms. The van der Waals surface area contributed by atoms with E-state index in [1.807, 2.05) is 0 Å². The van der Waals surface area contributed by atoms with Crippen LogP contribution in [0.25, 0.3) is 0 Å². The molecule has 0 unspecified atom stereocenters. The van der Waals surface area contributed by atoms with Crippen molar-refractivity contribution in [2.75, 3.05) is 0 Å². The molecule has 0 aliphatic carbocycles. The fraction of sp³-hybridized carbons (Fsp3) is 0. The SMILES string of the molecule is C#CC=O.Cl. The number of terminal acetylenes is 1. The summed E-state index contributed by atoms with van der Waals surface area (Å²) in [7, 11) is 0. The average Bonchev–Trinajstić information content (AvgIpc) is 1.37. The Morgan fingerprint density at radius 1 is 1.80 bits per heavy atom. The van der Waals surface area contributed by atoms with Crippen LogP contribution < -0.4 is 0 Å². The Morgan fingerprint density at radius 2 is 2.00 bits per heavy atom. The molecule has 0 spiro atoms. The van der Waals surface area contributed by atoms with Crippen molar-refractivity contribution in [3.8, 4) is 12.3 Å². The molecule has 0 fully saturated rings. The summed E-state index contributed by atoms with van der Waals surface area (Å²) in [6.45, 7) is 0. The summed E-state index contributed by atoms with van der Waals surface area (Å²) in [6.07, 6.45) is 4.81. The van der Waals surface area contributed by atoms with Gasteiger partial charge in [0.05, 0.1) is 0 Å². The van der Waals surface area contributed by atoms with Crippen molar-refractivity contribution in [1.82, 2.24) is 0 Å². The number of hydrogen-bond donors (Lipinski definition) is 0. The summed E-state index contributed by atoms with van der Waals surface area (Å²) in [5, 5.41) is 0. The van der Waals surface area contributed by atoms with Crippen molar-refractivity contribution in [1.29, 1.82) is 0 Å². The minimum atomic E-state index is 0. The summed E-state index contributed by atoms with van der Waals surface area (Å²) in [6, 6.07) is 0. The third kappa shape index (κ3) is 30.1. The molecule has 0 radical (unpaired) electrons. The molecule has 0 saturated carbocycles. The van der Waals surface area contributed by atoms with Gasteiger partial charge < -0.3 is 0 Å². The second-order valence-corrected chi connectivity index (χ2v) is 0.285. The standard InChI is InChI=1S/C3H2O.ClH/c1-2-3-4;/h1,3H;1H. The highest BCUT2D eigenvalue weighted by Crippen LogP contribution is 1.19. The average molecular weight is 90.5 g/mol. The van der Waals surface area contributed by atoms with E-state index in [9.17, 15) is 0 Å². The first-order chi connectivity index (χ1) is 1.91. The lowest BCUT2D eigenvalue weighted by molar-refractivity contribution is -0.103. The maximum Gasteiger partial charge on any atom is 0.192 e. The van der Waals surface area contributed by atoms with Crippen molar-refractivity contribution in [2.24, 2.45) is 0 Å². The molecular weight excluding hydrogens is 87.5 g/mol. The molecule has 0 aliphatic rings. The van der Waals surface area contributed by atoms with E-state index < -0.39 is 0 Å². The van der Waals surface area contributed by atoms with Crippen LogP contribution in [0.5, 0.6) is 0 Å². The van der Waals surface area contributed by atoms with Crippen LogP contribution in [0.4, 0.5) is 0 Å². The molecule has 0 aliphatic heterocycles. The van der Waals surface area contributed by atoms with E-state index in [0.717, 1.165) is 0 Å². The van der Waals surface area contributed by atoms with E-state index in [0.29, 0.717) is 6.29 Å². The van der Waals surface area contributed by atoms with Crippen molar-refractivity contribution in [2.45, 2.75) is 0 Å². The number of rotatable bonds is 0. The van der Waals surface area contributed by atoms with E-state index in [-0.39, 0.29) is 12.4 Å². The highest BCUT2D eigenvalue weighted by molar-refractivity contribution is 5.85. The van der Waals surface area contributed by atoms with Gasteiger partial charge in [0.15, 0.2) is 6.29 Å². The summed E-state index contributed by atoms with van der Waals surface area (Å²) in [5.74, 6) is 1.75. The summed E-state index contributed by atoms with van der Waals surface area (Å²) in [4.78, 5) is 8.94. The lowest BCUT2D eigenvalue weighted by atomic mass is 10.8. The van der Waals surface area contributed by atoms with Gasteiger partial charge in [-0.25, -0.2) is 0 Å². The number of halogens is 1. The highest BCUT2D eigenvalue weighted by atomic mass is 35.5. The second kappa shape index (κ2) is 9.68. The third-order valence-electron chi connectivity index (χ3n) is 0.0680. The van der Waals surface area contributed by atoms with Gasteiger partial charge in [-0.15, -0.1) is 18.8 Å². The first-order valence-corrected chi connectivity index (χ1v) is 0.813. The molecule has 5 heavy (non-hydrogen) atoms. The Labute approximate surface area is 36.8 Å². The smallest absolute Gasteiger partial charge is 0.192 e. The van der Waals surface area contributed by atoms with E-state index >= 15 is 0 Å². The highest BCUT2D eigenvalue weighted by Gasteiger charge is 1.36. The molecule has 0 amide bonds. The minimum absolute atomic E-state index is 0. The molecular formula is C3H3ClO. The van der Waals surface area contributed by atoms with Crippen LogP contribution in [0.15, 0.2) is 0 Å². The first kappa shape index (κ1) is 8.82. The molecule has 0 N–H and O–H groups in total. The van der Waals surface area contributed by atoms with Gasteiger partial charge in [0.25, 0.3) is 0 Å². The van der Waals surface area contributed by atoms with E-state index in [2.05, 4.69) is 6.42 Å². The van der Waals surface area contributed by atoms with Gasteiger partial charge in [0.1, 0.15) is 0 Å². The van der Waals surface area contributed by atoms with E-state index in [1.54, 1.807) is 5.92 Å². The largest absolute Gasteiger partial charge is 0.289 e. The van der Waals surface area contributed by atoms with Crippen LogP contribution in [0, 0.1) is 12.3 Å². The Kier molecular flexibility index (Phi) is 17.1. The van der Waals surface area contributed by atoms with Crippen LogP contribution in [-0.2, 0) is 4.79 Å². The summed E-state index contributed by atoms with van der Waals surface area (Å²) in [5.41, 5.74) is 0. The lowest BCUT2D eigenvalue weighted by Crippen LogP contribution is -1.46. The first-order valence-electron chi connectivity index (χ1n) is 0.813. The monoisotopic (exact) mass is 90.0 g/mol. The number of carbonyl (C=O) groups excluding carboxylic acids is 1. The molecule has 0 heterocycles. The van der Waals surface area contributed by atoms with E-state index in [1.165, 1.54) is 0 Å². The predicted molar refractivity (Wildman–Crippen MR) is 22.1 cm³/mol. The van der Waals surface area contributed by atoms with Crippen molar-refractivity contribution >= 4 is 18.7 Å². The van der Waals surface area contributed by atoms with Gasteiger partial charge in [-0.05, 0) is 5.92 Å². The molecule has 0 atom stereocenters. The normalized spacial score (nSPS) is 3.00. The zero-order valence-corrected chi connectivity index (χ0v) is 3.29. The molecule has 0 aromatic heterocycles. The predicted octanol–water partition coefficient (Wildman–Crippen LogP) is 0.240. The number of aldehydes is 1. The second-order valence-electron chi connectivity index (χ2n) is 0.285. The summed E-state index contributed by atoms with van der Waals surface area (Å²) >= 11 is 0.